The number of amides is 1. The maximum absolute atomic E-state index is 13.3. The maximum atomic E-state index is 13.3. The number of aromatic nitrogens is 3. The number of carbonyl (C=O) groups excluding carboxylic acids is 1. The van der Waals surface area contributed by atoms with Crippen molar-refractivity contribution in [1.29, 1.82) is 0 Å². The average molecular weight is 470 g/mol. The van der Waals surface area contributed by atoms with Crippen LogP contribution in [0.3, 0.4) is 0 Å². The number of halogens is 1. The average Bonchev–Trinajstić information content (AvgIpc) is 3.51. The lowest BCUT2D eigenvalue weighted by molar-refractivity contribution is -0.126. The standard InChI is InChI=1S/C26H25BClN5O/c27-20-17-31-33-23(16-22(32-24(20)33)19-10-4-5-11-21(19)28)29-14-15-30-25(34)26(12-6-7-13-26)18-8-2-1-3-9-18/h1-5,8-11,16-17,29H,6-7,12-15H2,(H,30,34). The van der Waals surface area contributed by atoms with Crippen LogP contribution in [0.4, 0.5) is 5.82 Å². The number of rotatable bonds is 7. The van der Waals surface area contributed by atoms with Gasteiger partial charge >= 0.3 is 0 Å². The molecule has 2 aromatic carbocycles. The number of benzene rings is 2. The van der Waals surface area contributed by atoms with E-state index in [-0.39, 0.29) is 5.91 Å². The van der Waals surface area contributed by atoms with Crippen molar-refractivity contribution in [3.05, 3.63) is 77.4 Å². The third-order valence-electron chi connectivity index (χ3n) is 6.58. The van der Waals surface area contributed by atoms with Gasteiger partial charge in [-0.3, -0.25) is 4.79 Å². The summed E-state index contributed by atoms with van der Waals surface area (Å²) in [7, 11) is 6.10. The van der Waals surface area contributed by atoms with Crippen LogP contribution in [0.15, 0.2) is 66.9 Å². The molecular formula is C26H25BClN5O. The van der Waals surface area contributed by atoms with Crippen LogP contribution in [0.1, 0.15) is 31.2 Å². The molecule has 0 spiro atoms. The minimum absolute atomic E-state index is 0.0953. The van der Waals surface area contributed by atoms with Crippen molar-refractivity contribution >= 4 is 42.3 Å². The Bertz CT molecular complexity index is 1320. The van der Waals surface area contributed by atoms with Crippen molar-refractivity contribution in [3.8, 4) is 11.3 Å². The Hall–Kier alpha value is -3.32. The fourth-order valence-electron chi connectivity index (χ4n) is 4.83. The van der Waals surface area contributed by atoms with Gasteiger partial charge in [0.1, 0.15) is 13.7 Å². The van der Waals surface area contributed by atoms with Crippen LogP contribution >= 0.6 is 11.6 Å². The molecule has 0 atom stereocenters. The zero-order chi connectivity index (χ0) is 23.5. The molecule has 5 rings (SSSR count). The van der Waals surface area contributed by atoms with Crippen molar-refractivity contribution in [3.63, 3.8) is 0 Å². The summed E-state index contributed by atoms with van der Waals surface area (Å²) < 4.78 is 1.67. The van der Waals surface area contributed by atoms with Gasteiger partial charge in [0.2, 0.25) is 5.91 Å². The van der Waals surface area contributed by atoms with Crippen molar-refractivity contribution in [1.82, 2.24) is 19.9 Å². The van der Waals surface area contributed by atoms with E-state index in [1.807, 2.05) is 48.5 Å². The first-order valence-corrected chi connectivity index (χ1v) is 11.9. The molecule has 8 heteroatoms. The van der Waals surface area contributed by atoms with E-state index in [9.17, 15) is 4.79 Å². The molecule has 0 bridgehead atoms. The molecule has 2 radical (unpaired) electrons. The van der Waals surface area contributed by atoms with Crippen LogP contribution in [0.5, 0.6) is 0 Å². The van der Waals surface area contributed by atoms with Gasteiger partial charge in [-0.05, 0) is 29.9 Å². The van der Waals surface area contributed by atoms with E-state index >= 15 is 0 Å². The zero-order valence-electron chi connectivity index (χ0n) is 18.8. The van der Waals surface area contributed by atoms with Crippen LogP contribution in [-0.2, 0) is 10.2 Å². The van der Waals surface area contributed by atoms with Crippen molar-refractivity contribution in [2.75, 3.05) is 18.4 Å². The summed E-state index contributed by atoms with van der Waals surface area (Å²) in [5, 5.41) is 11.5. The van der Waals surface area contributed by atoms with Gasteiger partial charge in [-0.2, -0.15) is 9.61 Å². The summed E-state index contributed by atoms with van der Waals surface area (Å²) >= 11 is 6.40. The van der Waals surface area contributed by atoms with Gasteiger partial charge in [-0.15, -0.1) is 0 Å². The molecule has 2 heterocycles. The van der Waals surface area contributed by atoms with E-state index < -0.39 is 5.41 Å². The second kappa shape index (κ2) is 9.51. The highest BCUT2D eigenvalue weighted by Gasteiger charge is 2.42. The lowest BCUT2D eigenvalue weighted by Crippen LogP contribution is -2.44. The Kier molecular flexibility index (Phi) is 6.29. The Morgan fingerprint density at radius 1 is 1.06 bits per heavy atom. The van der Waals surface area contributed by atoms with Gasteiger partial charge in [0.05, 0.1) is 11.1 Å². The minimum Gasteiger partial charge on any atom is -0.368 e. The quantitative estimate of drug-likeness (QED) is 0.318. The molecule has 1 amide bonds. The molecular weight excluding hydrogens is 445 g/mol. The second-order valence-electron chi connectivity index (χ2n) is 8.68. The van der Waals surface area contributed by atoms with E-state index in [2.05, 4.69) is 32.8 Å². The third-order valence-corrected chi connectivity index (χ3v) is 6.91. The summed E-state index contributed by atoms with van der Waals surface area (Å²) in [5.41, 5.74) is 3.22. The number of nitrogens with one attached hydrogen (secondary N) is 2. The fourth-order valence-corrected chi connectivity index (χ4v) is 5.06. The topological polar surface area (TPSA) is 71.3 Å². The second-order valence-corrected chi connectivity index (χ2v) is 9.09. The van der Waals surface area contributed by atoms with Crippen LogP contribution in [0, 0.1) is 0 Å². The van der Waals surface area contributed by atoms with E-state index in [1.54, 1.807) is 10.7 Å². The van der Waals surface area contributed by atoms with Gasteiger partial charge in [-0.25, -0.2) is 4.98 Å². The number of anilines is 1. The monoisotopic (exact) mass is 469 g/mol. The minimum atomic E-state index is -0.432. The number of hydrogen-bond acceptors (Lipinski definition) is 4. The summed E-state index contributed by atoms with van der Waals surface area (Å²) in [5.74, 6) is 0.822. The summed E-state index contributed by atoms with van der Waals surface area (Å²) in [6, 6.07) is 19.6. The lowest BCUT2D eigenvalue weighted by Gasteiger charge is -2.28. The summed E-state index contributed by atoms with van der Waals surface area (Å²) in [4.78, 5) is 17.9. The first kappa shape index (κ1) is 22.5. The molecule has 4 aromatic rings. The number of carbonyl (C=O) groups is 1. The lowest BCUT2D eigenvalue weighted by atomic mass is 9.78. The highest BCUT2D eigenvalue weighted by molar-refractivity contribution is 6.36. The molecule has 0 unspecified atom stereocenters. The normalized spacial score (nSPS) is 14.9. The molecule has 6 nitrogen and oxygen atoms in total. The van der Waals surface area contributed by atoms with Crippen LogP contribution in [-0.4, -0.2) is 41.4 Å². The fraction of sp³-hybridized carbons (Fsp3) is 0.269. The van der Waals surface area contributed by atoms with Gasteiger partial charge < -0.3 is 10.6 Å². The highest BCUT2D eigenvalue weighted by atomic mass is 35.5. The molecule has 1 saturated carbocycles. The molecule has 2 N–H and O–H groups in total. The van der Waals surface area contributed by atoms with E-state index in [4.69, 9.17) is 19.4 Å². The molecule has 2 aromatic heterocycles. The van der Waals surface area contributed by atoms with Gasteiger partial charge in [0, 0.05) is 35.9 Å². The number of fused-ring (bicyclic) bond motifs is 1. The Balaban J connectivity index is 1.32. The Morgan fingerprint density at radius 2 is 1.79 bits per heavy atom. The summed E-state index contributed by atoms with van der Waals surface area (Å²) in [6.07, 6.45) is 5.49. The SMILES string of the molecule is [B]c1cnn2c(NCCNC(=O)C3(c4ccccc4)CCCC3)cc(-c3ccccc3Cl)nc12. The van der Waals surface area contributed by atoms with E-state index in [0.29, 0.717) is 34.9 Å². The number of nitrogens with zero attached hydrogens (tertiary/aromatic N) is 3. The van der Waals surface area contributed by atoms with Crippen molar-refractivity contribution in [2.45, 2.75) is 31.1 Å². The Morgan fingerprint density at radius 3 is 2.56 bits per heavy atom. The van der Waals surface area contributed by atoms with Gasteiger partial charge in [0.15, 0.2) is 5.65 Å². The van der Waals surface area contributed by atoms with E-state index in [1.165, 1.54) is 0 Å². The van der Waals surface area contributed by atoms with E-state index in [0.717, 1.165) is 42.6 Å². The van der Waals surface area contributed by atoms with Crippen LogP contribution in [0.2, 0.25) is 5.02 Å². The van der Waals surface area contributed by atoms with Crippen molar-refractivity contribution < 1.29 is 4.79 Å². The number of hydrogen-bond donors (Lipinski definition) is 2. The van der Waals surface area contributed by atoms with Gasteiger partial charge in [-0.1, -0.05) is 73.0 Å². The molecule has 170 valence electrons. The third kappa shape index (κ3) is 4.16. The first-order valence-electron chi connectivity index (χ1n) is 11.6. The molecule has 0 aliphatic heterocycles. The molecule has 0 saturated heterocycles. The maximum Gasteiger partial charge on any atom is 0.230 e. The molecule has 1 fully saturated rings. The predicted molar refractivity (Wildman–Crippen MR) is 137 cm³/mol. The first-order chi connectivity index (χ1) is 16.6. The smallest absolute Gasteiger partial charge is 0.230 e. The zero-order valence-corrected chi connectivity index (χ0v) is 19.6. The highest BCUT2D eigenvalue weighted by Crippen LogP contribution is 2.41. The van der Waals surface area contributed by atoms with Crippen LogP contribution < -0.4 is 16.1 Å². The van der Waals surface area contributed by atoms with Crippen LogP contribution in [0.25, 0.3) is 16.9 Å². The van der Waals surface area contributed by atoms with Gasteiger partial charge in [0.25, 0.3) is 0 Å². The molecule has 34 heavy (non-hydrogen) atoms. The molecule has 1 aliphatic rings. The molecule has 1 aliphatic carbocycles. The Labute approximate surface area is 205 Å². The summed E-state index contributed by atoms with van der Waals surface area (Å²) in [6.45, 7) is 1.01. The largest absolute Gasteiger partial charge is 0.368 e. The predicted octanol–water partition coefficient (Wildman–Crippen LogP) is 3.88. The van der Waals surface area contributed by atoms with Crippen molar-refractivity contribution in [2.24, 2.45) is 0 Å².